The molecule has 0 radical (unpaired) electrons. The van der Waals surface area contributed by atoms with E-state index in [9.17, 15) is 4.79 Å². The molecule has 2 heterocycles. The van der Waals surface area contributed by atoms with E-state index in [1.807, 2.05) is 0 Å². The first-order valence-corrected chi connectivity index (χ1v) is 10.6. The van der Waals surface area contributed by atoms with Crippen molar-refractivity contribution in [2.45, 2.75) is 46.0 Å². The van der Waals surface area contributed by atoms with Gasteiger partial charge in [-0.3, -0.25) is 4.79 Å². The van der Waals surface area contributed by atoms with Crippen LogP contribution < -0.4 is 0 Å². The Morgan fingerprint density at radius 3 is 2.43 bits per heavy atom. The summed E-state index contributed by atoms with van der Waals surface area (Å²) in [6.07, 6.45) is 4.72. The minimum Gasteiger partial charge on any atom is -0.381 e. The number of likely N-dealkylation sites (tertiary alicyclic amines) is 1. The molecule has 0 aromatic heterocycles. The van der Waals surface area contributed by atoms with Gasteiger partial charge in [-0.25, -0.2) is 0 Å². The molecule has 4 rings (SSSR count). The molecule has 0 saturated carbocycles. The van der Waals surface area contributed by atoms with Crippen molar-refractivity contribution in [2.24, 2.45) is 5.41 Å². The smallest absolute Gasteiger partial charge is 0.229 e. The van der Waals surface area contributed by atoms with Crippen molar-refractivity contribution >= 4 is 5.91 Å². The van der Waals surface area contributed by atoms with E-state index in [1.165, 1.54) is 27.8 Å². The summed E-state index contributed by atoms with van der Waals surface area (Å²) >= 11 is 0. The van der Waals surface area contributed by atoms with Gasteiger partial charge in [0, 0.05) is 26.3 Å². The molecule has 0 atom stereocenters. The minimum atomic E-state index is -0.322. The predicted molar refractivity (Wildman–Crippen MR) is 113 cm³/mol. The van der Waals surface area contributed by atoms with Crippen LogP contribution in [0.4, 0.5) is 0 Å². The van der Waals surface area contributed by atoms with Gasteiger partial charge in [0.2, 0.25) is 5.91 Å². The molecule has 0 N–H and O–H groups in total. The van der Waals surface area contributed by atoms with Crippen molar-refractivity contribution in [1.82, 2.24) is 4.90 Å². The fourth-order valence-corrected chi connectivity index (χ4v) is 4.90. The highest BCUT2D eigenvalue weighted by Crippen LogP contribution is 2.40. The van der Waals surface area contributed by atoms with E-state index < -0.39 is 0 Å². The van der Waals surface area contributed by atoms with Crippen LogP contribution in [0.5, 0.6) is 0 Å². The van der Waals surface area contributed by atoms with Crippen molar-refractivity contribution < 1.29 is 9.53 Å². The summed E-state index contributed by atoms with van der Waals surface area (Å²) in [5.41, 5.74) is 6.07. The largest absolute Gasteiger partial charge is 0.381 e. The van der Waals surface area contributed by atoms with Gasteiger partial charge in [0.25, 0.3) is 0 Å². The van der Waals surface area contributed by atoms with Crippen LogP contribution in [0.25, 0.3) is 11.1 Å². The first kappa shape index (κ1) is 19.2. The zero-order valence-electron chi connectivity index (χ0n) is 17.2. The second-order valence-electron chi connectivity index (χ2n) is 8.54. The third kappa shape index (κ3) is 3.73. The third-order valence-electron chi connectivity index (χ3n) is 6.52. The molecule has 2 fully saturated rings. The van der Waals surface area contributed by atoms with Crippen LogP contribution in [0.2, 0.25) is 0 Å². The molecule has 2 aliphatic heterocycles. The number of hydrogen-bond acceptors (Lipinski definition) is 2. The van der Waals surface area contributed by atoms with E-state index >= 15 is 0 Å². The fourth-order valence-electron chi connectivity index (χ4n) is 4.90. The fraction of sp³-hybridized carbons (Fsp3) is 0.480. The molecular weight excluding hydrogens is 346 g/mol. The maximum absolute atomic E-state index is 13.6. The van der Waals surface area contributed by atoms with E-state index in [0.29, 0.717) is 19.1 Å². The van der Waals surface area contributed by atoms with Crippen LogP contribution in [-0.4, -0.2) is 37.1 Å². The Labute approximate surface area is 168 Å². The van der Waals surface area contributed by atoms with Gasteiger partial charge >= 0.3 is 0 Å². The normalized spacial score (nSPS) is 19.0. The number of rotatable bonds is 4. The maximum Gasteiger partial charge on any atom is 0.229 e. The van der Waals surface area contributed by atoms with Gasteiger partial charge < -0.3 is 9.64 Å². The van der Waals surface area contributed by atoms with Gasteiger partial charge in [-0.15, -0.1) is 0 Å². The maximum atomic E-state index is 13.6. The van der Waals surface area contributed by atoms with Crippen molar-refractivity contribution in [2.75, 3.05) is 26.3 Å². The molecule has 2 aromatic carbocycles. The molecule has 0 aliphatic carbocycles. The SMILES string of the molecule is Cc1ccc(-c2ccccc2CC2(C(=O)N3CCCC3)CCOCC2)c(C)c1. The molecule has 2 saturated heterocycles. The Hall–Kier alpha value is -2.13. The average molecular weight is 378 g/mol. The average Bonchev–Trinajstić information content (AvgIpc) is 3.24. The van der Waals surface area contributed by atoms with E-state index in [2.05, 4.69) is 61.2 Å². The lowest BCUT2D eigenvalue weighted by atomic mass is 9.72. The summed E-state index contributed by atoms with van der Waals surface area (Å²) in [6.45, 7) is 7.52. The summed E-state index contributed by atoms with van der Waals surface area (Å²) in [6, 6.07) is 15.3. The molecule has 2 aliphatic rings. The van der Waals surface area contributed by atoms with E-state index in [-0.39, 0.29) is 5.41 Å². The Bertz CT molecular complexity index is 845. The Morgan fingerprint density at radius 2 is 1.71 bits per heavy atom. The number of hydrogen-bond donors (Lipinski definition) is 0. The van der Waals surface area contributed by atoms with Crippen molar-refractivity contribution in [3.8, 4) is 11.1 Å². The third-order valence-corrected chi connectivity index (χ3v) is 6.52. The summed E-state index contributed by atoms with van der Waals surface area (Å²) in [5.74, 6) is 0.351. The lowest BCUT2D eigenvalue weighted by Gasteiger charge is -2.39. The first-order chi connectivity index (χ1) is 13.6. The summed E-state index contributed by atoms with van der Waals surface area (Å²) in [4.78, 5) is 15.7. The summed E-state index contributed by atoms with van der Waals surface area (Å²) < 4.78 is 5.65. The number of aryl methyl sites for hydroxylation is 2. The topological polar surface area (TPSA) is 29.5 Å². The molecule has 0 bridgehead atoms. The van der Waals surface area contributed by atoms with Gasteiger partial charge in [0.1, 0.15) is 0 Å². The van der Waals surface area contributed by atoms with Gasteiger partial charge in [-0.1, -0.05) is 48.0 Å². The summed E-state index contributed by atoms with van der Waals surface area (Å²) in [5, 5.41) is 0. The second kappa shape index (κ2) is 8.08. The zero-order chi connectivity index (χ0) is 19.6. The number of benzene rings is 2. The Morgan fingerprint density at radius 1 is 1.00 bits per heavy atom. The lowest BCUT2D eigenvalue weighted by Crippen LogP contribution is -2.47. The molecule has 2 aromatic rings. The molecule has 0 unspecified atom stereocenters. The Balaban J connectivity index is 1.70. The van der Waals surface area contributed by atoms with Gasteiger partial charge in [-0.05, 0) is 68.2 Å². The predicted octanol–water partition coefficient (Wildman–Crippen LogP) is 4.93. The van der Waals surface area contributed by atoms with Crippen LogP contribution in [0.15, 0.2) is 42.5 Å². The number of nitrogens with zero attached hydrogens (tertiary/aromatic N) is 1. The standard InChI is InChI=1S/C25H31NO2/c1-19-9-10-22(20(2)17-19)23-8-4-3-7-21(23)18-25(11-15-28-16-12-25)24(27)26-13-5-6-14-26/h3-4,7-10,17H,5-6,11-16,18H2,1-2H3. The molecular formula is C25H31NO2. The van der Waals surface area contributed by atoms with Crippen molar-refractivity contribution in [3.05, 3.63) is 59.2 Å². The lowest BCUT2D eigenvalue weighted by molar-refractivity contribution is -0.146. The van der Waals surface area contributed by atoms with Crippen LogP contribution in [-0.2, 0) is 16.0 Å². The van der Waals surface area contributed by atoms with E-state index in [1.54, 1.807) is 0 Å². The monoisotopic (exact) mass is 377 g/mol. The molecule has 3 heteroatoms. The zero-order valence-corrected chi connectivity index (χ0v) is 17.2. The van der Waals surface area contributed by atoms with E-state index in [4.69, 9.17) is 4.74 Å². The summed E-state index contributed by atoms with van der Waals surface area (Å²) in [7, 11) is 0. The van der Waals surface area contributed by atoms with Crippen molar-refractivity contribution in [3.63, 3.8) is 0 Å². The van der Waals surface area contributed by atoms with Crippen LogP contribution in [0, 0.1) is 19.3 Å². The van der Waals surface area contributed by atoms with Crippen molar-refractivity contribution in [1.29, 1.82) is 0 Å². The highest BCUT2D eigenvalue weighted by molar-refractivity contribution is 5.84. The molecule has 1 amide bonds. The number of amides is 1. The van der Waals surface area contributed by atoms with Gasteiger partial charge in [0.05, 0.1) is 5.41 Å². The van der Waals surface area contributed by atoms with Crippen LogP contribution in [0.1, 0.15) is 42.4 Å². The van der Waals surface area contributed by atoms with Gasteiger partial charge in [0.15, 0.2) is 0 Å². The molecule has 148 valence electrons. The highest BCUT2D eigenvalue weighted by atomic mass is 16.5. The molecule has 0 spiro atoms. The highest BCUT2D eigenvalue weighted by Gasteiger charge is 2.43. The number of ether oxygens (including phenoxy) is 1. The van der Waals surface area contributed by atoms with Crippen LogP contribution in [0.3, 0.4) is 0 Å². The van der Waals surface area contributed by atoms with Crippen LogP contribution >= 0.6 is 0 Å². The van der Waals surface area contributed by atoms with E-state index in [0.717, 1.165) is 45.2 Å². The quantitative estimate of drug-likeness (QED) is 0.756. The van der Waals surface area contributed by atoms with Gasteiger partial charge in [-0.2, -0.15) is 0 Å². The molecule has 28 heavy (non-hydrogen) atoms. The minimum absolute atomic E-state index is 0.322. The first-order valence-electron chi connectivity index (χ1n) is 10.6. The Kier molecular flexibility index (Phi) is 5.54. The number of carbonyl (C=O) groups is 1. The number of carbonyl (C=O) groups excluding carboxylic acids is 1. The second-order valence-corrected chi connectivity index (χ2v) is 8.54. The molecule has 3 nitrogen and oxygen atoms in total.